The highest BCUT2D eigenvalue weighted by atomic mass is 32.1. The Morgan fingerprint density at radius 2 is 1.90 bits per heavy atom. The van der Waals surface area contributed by atoms with E-state index in [1.807, 2.05) is 74.7 Å². The number of para-hydroxylation sites is 1. The Hall–Kier alpha value is -2.92. The third-order valence-electron chi connectivity index (χ3n) is 4.97. The van der Waals surface area contributed by atoms with Crippen molar-refractivity contribution in [2.45, 2.75) is 45.6 Å². The summed E-state index contributed by atoms with van der Waals surface area (Å²) in [6, 6.07) is 17.5. The summed E-state index contributed by atoms with van der Waals surface area (Å²) >= 11 is 1.64. The van der Waals surface area contributed by atoms with E-state index >= 15 is 0 Å². The molecule has 4 rings (SSSR count). The molecule has 1 aliphatic rings. The number of anilines is 1. The number of thiophene rings is 1. The number of ether oxygens (including phenoxy) is 1. The van der Waals surface area contributed by atoms with E-state index in [-0.39, 0.29) is 12.0 Å². The Morgan fingerprint density at radius 3 is 2.70 bits per heavy atom. The standard InChI is InChI=1S/C25H26N2O2S/c1-17(2)29-20-12-8-9-18(15-20)16-26-25-23(21-13-6-7-14-22(21)30-25)24(28)27-19-10-4-3-5-11-19/h3-5,8-12,15-17H,6-7,13-14H2,1-2H3,(H,27,28). The van der Waals surface area contributed by atoms with Crippen molar-refractivity contribution in [3.8, 4) is 5.75 Å². The molecule has 1 heterocycles. The molecule has 1 aromatic heterocycles. The van der Waals surface area contributed by atoms with Crippen LogP contribution >= 0.6 is 11.3 Å². The Morgan fingerprint density at radius 1 is 1.10 bits per heavy atom. The molecule has 4 nitrogen and oxygen atoms in total. The molecule has 154 valence electrons. The summed E-state index contributed by atoms with van der Waals surface area (Å²) in [6.07, 6.45) is 6.20. The molecule has 0 bridgehead atoms. The van der Waals surface area contributed by atoms with Crippen molar-refractivity contribution >= 4 is 34.1 Å². The average molecular weight is 419 g/mol. The van der Waals surface area contributed by atoms with Crippen LogP contribution in [0.1, 0.15) is 53.1 Å². The normalized spacial score (nSPS) is 13.4. The van der Waals surface area contributed by atoms with Crippen molar-refractivity contribution in [3.05, 3.63) is 76.2 Å². The molecule has 5 heteroatoms. The van der Waals surface area contributed by atoms with Crippen LogP contribution in [0.25, 0.3) is 0 Å². The highest BCUT2D eigenvalue weighted by molar-refractivity contribution is 7.16. The van der Waals surface area contributed by atoms with Crippen molar-refractivity contribution in [2.24, 2.45) is 4.99 Å². The van der Waals surface area contributed by atoms with Gasteiger partial charge in [-0.3, -0.25) is 4.79 Å². The summed E-state index contributed by atoms with van der Waals surface area (Å²) in [5.74, 6) is 0.742. The van der Waals surface area contributed by atoms with Gasteiger partial charge < -0.3 is 10.1 Å². The Labute approximate surface area is 181 Å². The predicted octanol–water partition coefficient (Wildman–Crippen LogP) is 6.42. The van der Waals surface area contributed by atoms with Crippen LogP contribution in [0.2, 0.25) is 0 Å². The Kier molecular flexibility index (Phi) is 6.29. The summed E-state index contributed by atoms with van der Waals surface area (Å²) < 4.78 is 5.78. The van der Waals surface area contributed by atoms with E-state index in [4.69, 9.17) is 9.73 Å². The van der Waals surface area contributed by atoms with Crippen LogP contribution in [0.5, 0.6) is 5.75 Å². The minimum Gasteiger partial charge on any atom is -0.491 e. The van der Waals surface area contributed by atoms with Crippen LogP contribution in [0, 0.1) is 0 Å². The number of benzene rings is 2. The summed E-state index contributed by atoms with van der Waals surface area (Å²) in [6.45, 7) is 4.02. The van der Waals surface area contributed by atoms with Gasteiger partial charge in [-0.2, -0.15) is 0 Å². The van der Waals surface area contributed by atoms with Crippen molar-refractivity contribution in [3.63, 3.8) is 0 Å². The van der Waals surface area contributed by atoms with Crippen LogP contribution in [-0.4, -0.2) is 18.2 Å². The lowest BCUT2D eigenvalue weighted by atomic mass is 9.95. The highest BCUT2D eigenvalue weighted by Gasteiger charge is 2.25. The smallest absolute Gasteiger partial charge is 0.259 e. The maximum Gasteiger partial charge on any atom is 0.259 e. The summed E-state index contributed by atoms with van der Waals surface area (Å²) in [7, 11) is 0. The first-order valence-corrected chi connectivity index (χ1v) is 11.2. The molecule has 0 atom stereocenters. The lowest BCUT2D eigenvalue weighted by Gasteiger charge is -2.12. The zero-order chi connectivity index (χ0) is 20.9. The van der Waals surface area contributed by atoms with E-state index in [0.717, 1.165) is 46.8 Å². The molecule has 0 spiro atoms. The second-order valence-corrected chi connectivity index (χ2v) is 8.79. The molecular weight excluding hydrogens is 392 g/mol. The number of hydrogen-bond acceptors (Lipinski definition) is 4. The monoisotopic (exact) mass is 418 g/mol. The van der Waals surface area contributed by atoms with Gasteiger partial charge in [-0.1, -0.05) is 30.3 Å². The zero-order valence-corrected chi connectivity index (χ0v) is 18.2. The second kappa shape index (κ2) is 9.26. The van der Waals surface area contributed by atoms with Crippen molar-refractivity contribution in [2.75, 3.05) is 5.32 Å². The van der Waals surface area contributed by atoms with Crippen LogP contribution < -0.4 is 10.1 Å². The zero-order valence-electron chi connectivity index (χ0n) is 17.4. The Bertz CT molecular complexity index is 1050. The van der Waals surface area contributed by atoms with Gasteiger partial charge in [-0.25, -0.2) is 4.99 Å². The molecule has 1 amide bonds. The predicted molar refractivity (Wildman–Crippen MR) is 125 cm³/mol. The van der Waals surface area contributed by atoms with E-state index < -0.39 is 0 Å². The van der Waals surface area contributed by atoms with Gasteiger partial charge in [0.2, 0.25) is 0 Å². The van der Waals surface area contributed by atoms with Crippen molar-refractivity contribution < 1.29 is 9.53 Å². The number of rotatable bonds is 6. The molecule has 0 radical (unpaired) electrons. The fourth-order valence-corrected chi connectivity index (χ4v) is 4.90. The largest absolute Gasteiger partial charge is 0.491 e. The van der Waals surface area contributed by atoms with Gasteiger partial charge in [0.25, 0.3) is 5.91 Å². The first kappa shape index (κ1) is 20.4. The van der Waals surface area contributed by atoms with Gasteiger partial charge in [-0.05, 0) is 74.9 Å². The van der Waals surface area contributed by atoms with Gasteiger partial charge in [0, 0.05) is 16.8 Å². The summed E-state index contributed by atoms with van der Waals surface area (Å²) in [4.78, 5) is 19.2. The van der Waals surface area contributed by atoms with Crippen molar-refractivity contribution in [1.29, 1.82) is 0 Å². The van der Waals surface area contributed by atoms with Gasteiger partial charge >= 0.3 is 0 Å². The molecule has 0 fully saturated rings. The number of amides is 1. The number of nitrogens with one attached hydrogen (secondary N) is 1. The highest BCUT2D eigenvalue weighted by Crippen LogP contribution is 2.40. The van der Waals surface area contributed by atoms with Gasteiger partial charge in [0.1, 0.15) is 10.8 Å². The SMILES string of the molecule is CC(C)Oc1cccc(C=Nc2sc3c(c2C(=O)Nc2ccccc2)CCCC3)c1. The third kappa shape index (κ3) is 4.79. The number of aryl methyl sites for hydroxylation is 1. The number of carbonyl (C=O) groups is 1. The van der Waals surface area contributed by atoms with Crippen LogP contribution in [-0.2, 0) is 12.8 Å². The van der Waals surface area contributed by atoms with Gasteiger partial charge in [0.15, 0.2) is 0 Å². The van der Waals surface area contributed by atoms with Crippen LogP contribution in [0.4, 0.5) is 10.7 Å². The lowest BCUT2D eigenvalue weighted by Crippen LogP contribution is -2.14. The summed E-state index contributed by atoms with van der Waals surface area (Å²) in [5.41, 5.74) is 3.65. The van der Waals surface area contributed by atoms with E-state index in [2.05, 4.69) is 5.32 Å². The number of hydrogen-bond donors (Lipinski definition) is 1. The molecule has 0 saturated heterocycles. The summed E-state index contributed by atoms with van der Waals surface area (Å²) in [5, 5.41) is 3.82. The number of carbonyl (C=O) groups excluding carboxylic acids is 1. The maximum absolute atomic E-state index is 13.2. The molecule has 0 unspecified atom stereocenters. The fourth-order valence-electron chi connectivity index (χ4n) is 3.67. The molecule has 30 heavy (non-hydrogen) atoms. The van der Waals surface area contributed by atoms with Crippen molar-refractivity contribution in [1.82, 2.24) is 0 Å². The van der Waals surface area contributed by atoms with Crippen LogP contribution in [0.15, 0.2) is 59.6 Å². The molecule has 2 aromatic carbocycles. The van der Waals surface area contributed by atoms with E-state index in [0.29, 0.717) is 0 Å². The second-order valence-electron chi connectivity index (χ2n) is 7.71. The molecule has 1 N–H and O–H groups in total. The average Bonchev–Trinajstić information content (AvgIpc) is 3.11. The first-order chi connectivity index (χ1) is 14.6. The van der Waals surface area contributed by atoms with E-state index in [9.17, 15) is 4.79 Å². The molecule has 1 aliphatic carbocycles. The number of nitrogens with zero attached hydrogens (tertiary/aromatic N) is 1. The Balaban J connectivity index is 1.64. The minimum absolute atomic E-state index is 0.0790. The molecule has 0 aliphatic heterocycles. The quantitative estimate of drug-likeness (QED) is 0.470. The molecular formula is C25H26N2O2S. The molecule has 0 saturated carbocycles. The number of aliphatic imine (C=N–C) groups is 1. The maximum atomic E-state index is 13.2. The fraction of sp³-hybridized carbons (Fsp3) is 0.280. The van der Waals surface area contributed by atoms with Gasteiger partial charge in [0.05, 0.1) is 11.7 Å². The van der Waals surface area contributed by atoms with E-state index in [1.54, 1.807) is 11.3 Å². The lowest BCUT2D eigenvalue weighted by molar-refractivity contribution is 0.102. The van der Waals surface area contributed by atoms with Gasteiger partial charge in [-0.15, -0.1) is 11.3 Å². The molecule has 3 aromatic rings. The number of fused-ring (bicyclic) bond motifs is 1. The minimum atomic E-state index is -0.0790. The first-order valence-electron chi connectivity index (χ1n) is 10.4. The van der Waals surface area contributed by atoms with Crippen LogP contribution in [0.3, 0.4) is 0 Å². The third-order valence-corrected chi connectivity index (χ3v) is 6.17. The topological polar surface area (TPSA) is 50.7 Å². The van der Waals surface area contributed by atoms with E-state index in [1.165, 1.54) is 16.9 Å².